The van der Waals surface area contributed by atoms with Gasteiger partial charge in [-0.15, -0.1) is 0 Å². The van der Waals surface area contributed by atoms with Gasteiger partial charge in [0, 0.05) is 25.3 Å². The Morgan fingerprint density at radius 2 is 2.12 bits per heavy atom. The summed E-state index contributed by atoms with van der Waals surface area (Å²) in [6.07, 6.45) is 4.34. The number of aliphatic imine (C=N–C) groups is 1. The molecule has 2 bridgehead atoms. The Morgan fingerprint density at radius 3 is 2.76 bits per heavy atom. The summed E-state index contributed by atoms with van der Waals surface area (Å²) in [5.41, 5.74) is 2.62. The number of guanidine groups is 1. The first-order valence-electron chi connectivity index (χ1n) is 9.72. The molecule has 2 aliphatic heterocycles. The van der Waals surface area contributed by atoms with Gasteiger partial charge in [0.25, 0.3) is 0 Å². The van der Waals surface area contributed by atoms with Gasteiger partial charge >= 0.3 is 0 Å². The quantitative estimate of drug-likeness (QED) is 0.590. The summed E-state index contributed by atoms with van der Waals surface area (Å²) in [6.45, 7) is 10.0. The molecule has 0 radical (unpaired) electrons. The van der Waals surface area contributed by atoms with Gasteiger partial charge in [0.2, 0.25) is 0 Å². The van der Waals surface area contributed by atoms with Crippen molar-refractivity contribution in [3.63, 3.8) is 0 Å². The molecular formula is C20H32N4O. The zero-order chi connectivity index (χ0) is 17.6. The van der Waals surface area contributed by atoms with Crippen LogP contribution in [0.25, 0.3) is 0 Å². The number of para-hydroxylation sites is 1. The fourth-order valence-electron chi connectivity index (χ4n) is 3.94. The van der Waals surface area contributed by atoms with Crippen molar-refractivity contribution in [1.29, 1.82) is 0 Å². The first kappa shape index (κ1) is 18.1. The second-order valence-electron chi connectivity index (χ2n) is 6.99. The predicted octanol–water partition coefficient (Wildman–Crippen LogP) is 2.70. The SMILES string of the molecule is CCNC(=NCCN(CC)c1ccccc1C)NC1CC2CCC1O2. The third-order valence-electron chi connectivity index (χ3n) is 5.25. The first-order valence-corrected chi connectivity index (χ1v) is 9.72. The molecule has 138 valence electrons. The lowest BCUT2D eigenvalue weighted by Gasteiger charge is -2.25. The summed E-state index contributed by atoms with van der Waals surface area (Å²) >= 11 is 0. The Morgan fingerprint density at radius 1 is 1.28 bits per heavy atom. The van der Waals surface area contributed by atoms with Crippen LogP contribution in [0.1, 0.15) is 38.7 Å². The van der Waals surface area contributed by atoms with Crippen molar-refractivity contribution in [3.8, 4) is 0 Å². The highest BCUT2D eigenvalue weighted by atomic mass is 16.5. The zero-order valence-corrected chi connectivity index (χ0v) is 15.8. The molecule has 1 aromatic rings. The second-order valence-corrected chi connectivity index (χ2v) is 6.99. The Hall–Kier alpha value is -1.75. The molecule has 5 nitrogen and oxygen atoms in total. The molecule has 5 heteroatoms. The minimum absolute atomic E-state index is 0.368. The van der Waals surface area contributed by atoms with Crippen molar-refractivity contribution in [2.45, 2.75) is 58.3 Å². The van der Waals surface area contributed by atoms with E-state index in [9.17, 15) is 0 Å². The van der Waals surface area contributed by atoms with Crippen LogP contribution >= 0.6 is 0 Å². The summed E-state index contributed by atoms with van der Waals surface area (Å²) < 4.78 is 5.94. The molecule has 0 spiro atoms. The van der Waals surface area contributed by atoms with Crippen molar-refractivity contribution in [3.05, 3.63) is 29.8 Å². The van der Waals surface area contributed by atoms with E-state index in [1.54, 1.807) is 0 Å². The maximum absolute atomic E-state index is 5.94. The molecule has 0 aromatic heterocycles. The summed E-state index contributed by atoms with van der Waals surface area (Å²) in [5, 5.41) is 6.96. The lowest BCUT2D eigenvalue weighted by molar-refractivity contribution is 0.0992. The monoisotopic (exact) mass is 344 g/mol. The lowest BCUT2D eigenvalue weighted by atomic mass is 9.96. The van der Waals surface area contributed by atoms with Gasteiger partial charge in [-0.25, -0.2) is 0 Å². The van der Waals surface area contributed by atoms with Crippen LogP contribution < -0.4 is 15.5 Å². The number of rotatable bonds is 7. The van der Waals surface area contributed by atoms with Gasteiger partial charge in [-0.2, -0.15) is 0 Å². The average molecular weight is 345 g/mol. The molecular weight excluding hydrogens is 312 g/mol. The van der Waals surface area contributed by atoms with Crippen LogP contribution in [-0.4, -0.2) is 50.4 Å². The van der Waals surface area contributed by atoms with E-state index in [0.717, 1.165) is 38.6 Å². The fourth-order valence-corrected chi connectivity index (χ4v) is 3.94. The van der Waals surface area contributed by atoms with Crippen molar-refractivity contribution in [2.75, 3.05) is 31.1 Å². The summed E-state index contributed by atoms with van der Waals surface area (Å²) in [5.74, 6) is 0.921. The molecule has 3 rings (SSSR count). The standard InChI is InChI=1S/C20H32N4O/c1-4-21-20(23-17-14-16-10-11-19(17)25-16)22-12-13-24(5-2)18-9-7-6-8-15(18)3/h6-9,16-17,19H,4-5,10-14H2,1-3H3,(H2,21,22,23). The average Bonchev–Trinajstić information content (AvgIpc) is 3.23. The number of aryl methyl sites for hydroxylation is 1. The number of fused-ring (bicyclic) bond motifs is 2. The van der Waals surface area contributed by atoms with E-state index in [1.165, 1.54) is 24.1 Å². The van der Waals surface area contributed by atoms with Crippen LogP contribution in [0.2, 0.25) is 0 Å². The number of nitrogens with one attached hydrogen (secondary N) is 2. The number of hydrogen-bond donors (Lipinski definition) is 2. The number of hydrogen-bond acceptors (Lipinski definition) is 3. The minimum Gasteiger partial charge on any atom is -0.373 e. The molecule has 3 atom stereocenters. The summed E-state index contributed by atoms with van der Waals surface area (Å²) in [7, 11) is 0. The molecule has 0 amide bonds. The molecule has 3 unspecified atom stereocenters. The van der Waals surface area contributed by atoms with E-state index in [2.05, 4.69) is 60.6 Å². The van der Waals surface area contributed by atoms with E-state index in [4.69, 9.17) is 9.73 Å². The molecule has 2 heterocycles. The van der Waals surface area contributed by atoms with E-state index in [-0.39, 0.29) is 0 Å². The normalized spacial score (nSPS) is 25.2. The Bertz CT molecular complexity index is 589. The Kier molecular flexibility index (Phi) is 6.19. The van der Waals surface area contributed by atoms with Crippen molar-refractivity contribution < 1.29 is 4.74 Å². The molecule has 2 saturated heterocycles. The van der Waals surface area contributed by atoms with Crippen LogP contribution in [0.5, 0.6) is 0 Å². The minimum atomic E-state index is 0.368. The van der Waals surface area contributed by atoms with Crippen LogP contribution in [0.15, 0.2) is 29.3 Å². The molecule has 1 aromatic carbocycles. The number of anilines is 1. The van der Waals surface area contributed by atoms with Crippen LogP contribution in [-0.2, 0) is 4.74 Å². The molecule has 2 aliphatic rings. The van der Waals surface area contributed by atoms with Crippen LogP contribution in [0.3, 0.4) is 0 Å². The third kappa shape index (κ3) is 4.46. The van der Waals surface area contributed by atoms with Gasteiger partial charge in [-0.05, 0) is 51.7 Å². The van der Waals surface area contributed by atoms with E-state index < -0.39 is 0 Å². The van der Waals surface area contributed by atoms with Gasteiger partial charge in [0.15, 0.2) is 5.96 Å². The number of ether oxygens (including phenoxy) is 1. The molecule has 2 N–H and O–H groups in total. The smallest absolute Gasteiger partial charge is 0.191 e. The van der Waals surface area contributed by atoms with Crippen LogP contribution in [0.4, 0.5) is 5.69 Å². The third-order valence-corrected chi connectivity index (χ3v) is 5.25. The number of nitrogens with zero attached hydrogens (tertiary/aromatic N) is 2. The largest absolute Gasteiger partial charge is 0.373 e. The molecule has 2 fully saturated rings. The van der Waals surface area contributed by atoms with Gasteiger partial charge in [-0.1, -0.05) is 18.2 Å². The van der Waals surface area contributed by atoms with E-state index >= 15 is 0 Å². The maximum atomic E-state index is 5.94. The predicted molar refractivity (Wildman–Crippen MR) is 104 cm³/mol. The summed E-state index contributed by atoms with van der Waals surface area (Å²) in [6, 6.07) is 8.97. The van der Waals surface area contributed by atoms with Gasteiger partial charge in [0.1, 0.15) is 0 Å². The van der Waals surface area contributed by atoms with Gasteiger partial charge in [-0.3, -0.25) is 4.99 Å². The van der Waals surface area contributed by atoms with Crippen molar-refractivity contribution >= 4 is 11.6 Å². The topological polar surface area (TPSA) is 48.9 Å². The highest BCUT2D eigenvalue weighted by Crippen LogP contribution is 2.34. The molecule has 0 saturated carbocycles. The van der Waals surface area contributed by atoms with Crippen LogP contribution in [0, 0.1) is 6.92 Å². The number of benzene rings is 1. The van der Waals surface area contributed by atoms with Gasteiger partial charge in [0.05, 0.1) is 24.8 Å². The van der Waals surface area contributed by atoms with Crippen molar-refractivity contribution in [1.82, 2.24) is 10.6 Å². The lowest BCUT2D eigenvalue weighted by Crippen LogP contribution is -2.47. The highest BCUT2D eigenvalue weighted by Gasteiger charge is 2.41. The molecule has 25 heavy (non-hydrogen) atoms. The Balaban J connectivity index is 1.56. The first-order chi connectivity index (χ1) is 12.2. The second kappa shape index (κ2) is 8.56. The maximum Gasteiger partial charge on any atom is 0.191 e. The highest BCUT2D eigenvalue weighted by molar-refractivity contribution is 5.80. The van der Waals surface area contributed by atoms with E-state index in [1.807, 2.05) is 0 Å². The molecule has 0 aliphatic carbocycles. The fraction of sp³-hybridized carbons (Fsp3) is 0.650. The van der Waals surface area contributed by atoms with E-state index in [0.29, 0.717) is 18.2 Å². The number of likely N-dealkylation sites (N-methyl/N-ethyl adjacent to an activating group) is 1. The van der Waals surface area contributed by atoms with Crippen molar-refractivity contribution in [2.24, 2.45) is 4.99 Å². The Labute approximate surface area is 151 Å². The zero-order valence-electron chi connectivity index (χ0n) is 15.8. The summed E-state index contributed by atoms with van der Waals surface area (Å²) in [4.78, 5) is 7.19. The van der Waals surface area contributed by atoms with Gasteiger partial charge < -0.3 is 20.3 Å².